The fourth-order valence-electron chi connectivity index (χ4n) is 5.06. The van der Waals surface area contributed by atoms with E-state index in [-0.39, 0.29) is 29.0 Å². The number of aromatic amines is 1. The number of aromatic nitrogens is 2. The first-order chi connectivity index (χ1) is 16.1. The fourth-order valence-corrected chi connectivity index (χ4v) is 6.52. The second kappa shape index (κ2) is 7.91. The lowest BCUT2D eigenvalue weighted by Gasteiger charge is -2.35. The third-order valence-electron chi connectivity index (χ3n) is 6.71. The van der Waals surface area contributed by atoms with Crippen LogP contribution in [0.4, 0.5) is 5.95 Å². The number of likely N-dealkylation sites (tertiary alicyclic amines) is 1. The lowest BCUT2D eigenvalue weighted by atomic mass is 9.96. The summed E-state index contributed by atoms with van der Waals surface area (Å²) in [5.74, 6) is 0.403. The van der Waals surface area contributed by atoms with Crippen molar-refractivity contribution in [1.82, 2.24) is 19.8 Å². The van der Waals surface area contributed by atoms with Crippen LogP contribution in [-0.2, 0) is 9.59 Å². The molecule has 1 aromatic heterocycles. The molecule has 8 nitrogen and oxygen atoms in total. The monoisotopic (exact) mass is 461 g/mol. The molecule has 0 unspecified atom stereocenters. The molecule has 2 saturated heterocycles. The van der Waals surface area contributed by atoms with Gasteiger partial charge in [0.15, 0.2) is 0 Å². The van der Waals surface area contributed by atoms with Crippen LogP contribution in [0.25, 0.3) is 11.0 Å². The van der Waals surface area contributed by atoms with Gasteiger partial charge in [0.2, 0.25) is 17.8 Å². The normalized spacial score (nSPS) is 24.1. The Kier molecular flexibility index (Phi) is 4.86. The Morgan fingerprint density at radius 1 is 1.12 bits per heavy atom. The summed E-state index contributed by atoms with van der Waals surface area (Å²) in [6.07, 6.45) is 1.47. The van der Waals surface area contributed by atoms with Crippen molar-refractivity contribution in [2.75, 3.05) is 24.2 Å². The number of carbonyl (C=O) groups is 3. The summed E-state index contributed by atoms with van der Waals surface area (Å²) >= 11 is 1.64. The van der Waals surface area contributed by atoms with E-state index in [4.69, 9.17) is 0 Å². The van der Waals surface area contributed by atoms with E-state index in [9.17, 15) is 14.4 Å². The number of benzene rings is 2. The van der Waals surface area contributed by atoms with Gasteiger partial charge < -0.3 is 14.8 Å². The average Bonchev–Trinajstić information content (AvgIpc) is 3.53. The molecule has 6 rings (SSSR count). The number of thioether (sulfide) groups is 1. The van der Waals surface area contributed by atoms with E-state index >= 15 is 0 Å². The quantitative estimate of drug-likeness (QED) is 0.625. The lowest BCUT2D eigenvalue weighted by Crippen LogP contribution is -2.52. The first-order valence-corrected chi connectivity index (χ1v) is 12.2. The Balaban J connectivity index is 1.14. The zero-order valence-corrected chi connectivity index (χ0v) is 18.7. The number of fused-ring (bicyclic) bond motifs is 4. The molecular weight excluding hydrogens is 438 g/mol. The Labute approximate surface area is 194 Å². The number of para-hydroxylation sites is 2. The van der Waals surface area contributed by atoms with E-state index in [2.05, 4.69) is 15.3 Å². The highest BCUT2D eigenvalue weighted by atomic mass is 32.2. The van der Waals surface area contributed by atoms with Crippen LogP contribution in [0.5, 0.6) is 0 Å². The molecule has 3 aromatic rings. The van der Waals surface area contributed by atoms with Gasteiger partial charge in [-0.05, 0) is 36.6 Å². The van der Waals surface area contributed by atoms with E-state index in [1.54, 1.807) is 21.6 Å². The van der Waals surface area contributed by atoms with E-state index < -0.39 is 6.04 Å². The molecule has 2 N–H and O–H groups in total. The van der Waals surface area contributed by atoms with Gasteiger partial charge in [-0.1, -0.05) is 30.3 Å². The number of hydrogen-bond acceptors (Lipinski definition) is 5. The molecule has 0 aliphatic carbocycles. The molecule has 3 aliphatic rings. The Bertz CT molecular complexity index is 1240. The highest BCUT2D eigenvalue weighted by molar-refractivity contribution is 7.99. The molecule has 0 saturated carbocycles. The highest BCUT2D eigenvalue weighted by Gasteiger charge is 2.49. The standard InChI is InChI=1S/C24H23N5O3S/c30-20(27-24-25-17-9-3-4-10-18(17)26-24)14-6-5-11-28(12-14)22(32)19-13-33-23-16-8-2-1-7-15(16)21(31)29(19)23/h1-4,7-10,14,19,23H,5-6,11-13H2,(H2,25,26,27,30)/t14-,19-,23-/m1/s1. The minimum Gasteiger partial charge on any atom is -0.340 e. The summed E-state index contributed by atoms with van der Waals surface area (Å²) in [6.45, 7) is 0.958. The van der Waals surface area contributed by atoms with E-state index in [1.165, 1.54) is 0 Å². The van der Waals surface area contributed by atoms with Crippen molar-refractivity contribution in [2.45, 2.75) is 24.3 Å². The second-order valence-electron chi connectivity index (χ2n) is 8.72. The number of imidazole rings is 1. The number of amides is 3. The second-order valence-corrected chi connectivity index (χ2v) is 9.83. The van der Waals surface area contributed by atoms with Gasteiger partial charge in [0, 0.05) is 24.4 Å². The number of nitrogens with zero attached hydrogens (tertiary/aromatic N) is 3. The molecule has 3 atom stereocenters. The van der Waals surface area contributed by atoms with Crippen LogP contribution >= 0.6 is 11.8 Å². The predicted molar refractivity (Wildman–Crippen MR) is 126 cm³/mol. The zero-order chi connectivity index (χ0) is 22.5. The summed E-state index contributed by atoms with van der Waals surface area (Å²) in [6, 6.07) is 14.7. The Morgan fingerprint density at radius 2 is 1.94 bits per heavy atom. The smallest absolute Gasteiger partial charge is 0.256 e. The molecular formula is C24H23N5O3S. The summed E-state index contributed by atoms with van der Waals surface area (Å²) in [5.41, 5.74) is 3.33. The molecule has 0 bridgehead atoms. The number of carbonyl (C=O) groups excluding carboxylic acids is 3. The molecule has 3 amide bonds. The van der Waals surface area contributed by atoms with Crippen LogP contribution in [0.1, 0.15) is 34.1 Å². The Hall–Kier alpha value is -3.33. The van der Waals surface area contributed by atoms with Crippen molar-refractivity contribution >= 4 is 46.5 Å². The predicted octanol–water partition coefficient (Wildman–Crippen LogP) is 3.01. The first-order valence-electron chi connectivity index (χ1n) is 11.2. The Morgan fingerprint density at radius 3 is 2.82 bits per heavy atom. The highest BCUT2D eigenvalue weighted by Crippen LogP contribution is 2.48. The topological polar surface area (TPSA) is 98.4 Å². The maximum atomic E-state index is 13.5. The van der Waals surface area contributed by atoms with Crippen LogP contribution in [-0.4, -0.2) is 62.4 Å². The van der Waals surface area contributed by atoms with Gasteiger partial charge in [0.1, 0.15) is 11.4 Å². The first kappa shape index (κ1) is 20.3. The minimum absolute atomic E-state index is 0.0626. The largest absolute Gasteiger partial charge is 0.340 e. The molecule has 168 valence electrons. The van der Waals surface area contributed by atoms with Gasteiger partial charge in [-0.3, -0.25) is 19.7 Å². The van der Waals surface area contributed by atoms with Gasteiger partial charge in [-0.15, -0.1) is 11.8 Å². The van der Waals surface area contributed by atoms with Crippen LogP contribution in [0.3, 0.4) is 0 Å². The average molecular weight is 462 g/mol. The number of H-pyrrole nitrogens is 1. The summed E-state index contributed by atoms with van der Waals surface area (Å²) in [4.78, 5) is 50.4. The molecule has 9 heteroatoms. The van der Waals surface area contributed by atoms with E-state index in [1.807, 2.05) is 48.5 Å². The molecule has 2 fully saturated rings. The van der Waals surface area contributed by atoms with Crippen LogP contribution in [0.15, 0.2) is 48.5 Å². The van der Waals surface area contributed by atoms with Gasteiger partial charge >= 0.3 is 0 Å². The minimum atomic E-state index is -0.489. The van der Waals surface area contributed by atoms with Crippen LogP contribution in [0, 0.1) is 5.92 Å². The van der Waals surface area contributed by atoms with Gasteiger partial charge in [-0.25, -0.2) is 4.98 Å². The van der Waals surface area contributed by atoms with Gasteiger partial charge in [0.05, 0.1) is 17.0 Å². The van der Waals surface area contributed by atoms with E-state index in [0.29, 0.717) is 36.8 Å². The summed E-state index contributed by atoms with van der Waals surface area (Å²) in [5, 5.41) is 2.78. The van der Waals surface area contributed by atoms with Crippen molar-refractivity contribution in [3.8, 4) is 0 Å². The van der Waals surface area contributed by atoms with Crippen molar-refractivity contribution < 1.29 is 14.4 Å². The molecule has 4 heterocycles. The number of anilines is 1. The van der Waals surface area contributed by atoms with Crippen LogP contribution < -0.4 is 5.32 Å². The van der Waals surface area contributed by atoms with Crippen molar-refractivity contribution in [1.29, 1.82) is 0 Å². The number of rotatable bonds is 3. The maximum absolute atomic E-state index is 13.5. The number of piperidine rings is 1. The van der Waals surface area contributed by atoms with Crippen LogP contribution in [0.2, 0.25) is 0 Å². The molecule has 3 aliphatic heterocycles. The summed E-state index contributed by atoms with van der Waals surface area (Å²) in [7, 11) is 0. The number of nitrogens with one attached hydrogen (secondary N) is 2. The third-order valence-corrected chi connectivity index (χ3v) is 8.02. The third kappa shape index (κ3) is 3.38. The lowest BCUT2D eigenvalue weighted by molar-refractivity contribution is -0.138. The molecule has 33 heavy (non-hydrogen) atoms. The zero-order valence-electron chi connectivity index (χ0n) is 17.9. The molecule has 0 radical (unpaired) electrons. The van der Waals surface area contributed by atoms with Gasteiger partial charge in [-0.2, -0.15) is 0 Å². The van der Waals surface area contributed by atoms with Crippen molar-refractivity contribution in [2.24, 2.45) is 5.92 Å². The van der Waals surface area contributed by atoms with Crippen molar-refractivity contribution in [3.05, 3.63) is 59.7 Å². The number of hydrogen-bond donors (Lipinski definition) is 2. The fraction of sp³-hybridized carbons (Fsp3) is 0.333. The molecule has 2 aromatic carbocycles. The molecule has 0 spiro atoms. The summed E-state index contributed by atoms with van der Waals surface area (Å²) < 4.78 is 0. The maximum Gasteiger partial charge on any atom is 0.256 e. The van der Waals surface area contributed by atoms with E-state index in [0.717, 1.165) is 23.0 Å². The van der Waals surface area contributed by atoms with Crippen molar-refractivity contribution in [3.63, 3.8) is 0 Å². The SMILES string of the molecule is O=C(Nc1nc2ccccc2[nH]1)[C@@H]1CCCN(C(=O)[C@H]2CS[C@@H]3c4ccccc4C(=O)N23)C1. The van der Waals surface area contributed by atoms with Gasteiger partial charge in [0.25, 0.3) is 5.91 Å².